The summed E-state index contributed by atoms with van der Waals surface area (Å²) in [5.41, 5.74) is 1.90. The second kappa shape index (κ2) is 7.31. The van der Waals surface area contributed by atoms with Gasteiger partial charge in [0.1, 0.15) is 0 Å². The van der Waals surface area contributed by atoms with E-state index in [1.165, 1.54) is 0 Å². The molecule has 1 rings (SSSR count). The van der Waals surface area contributed by atoms with Crippen LogP contribution in [0.4, 0.5) is 5.69 Å². The molecular weight excluding hydrogens is 308 g/mol. The second-order valence-corrected chi connectivity index (χ2v) is 5.52. The molecule has 0 heterocycles. The monoisotopic (exact) mass is 326 g/mol. The van der Waals surface area contributed by atoms with Crippen molar-refractivity contribution in [2.75, 3.05) is 39.1 Å². The molecule has 0 bridgehead atoms. The van der Waals surface area contributed by atoms with Gasteiger partial charge in [-0.3, -0.25) is 0 Å². The molecule has 5 heteroatoms. The molecule has 0 aliphatic heterocycles. The zero-order valence-corrected chi connectivity index (χ0v) is 13.0. The molecule has 1 aromatic rings. The first-order chi connectivity index (χ1) is 8.90. The zero-order chi connectivity index (χ0) is 14.4. The van der Waals surface area contributed by atoms with E-state index < -0.39 is 5.97 Å². The Bertz CT molecular complexity index is 473. The Morgan fingerprint density at radius 3 is 2.58 bits per heavy atom. The second-order valence-electron chi connectivity index (χ2n) is 4.60. The zero-order valence-electron chi connectivity index (χ0n) is 11.4. The summed E-state index contributed by atoms with van der Waals surface area (Å²) < 4.78 is 0.933. The van der Waals surface area contributed by atoms with Crippen LogP contribution in [0.3, 0.4) is 0 Å². The molecule has 0 aliphatic carbocycles. The maximum atomic E-state index is 10.6. The maximum absolute atomic E-state index is 10.6. The number of likely N-dealkylation sites (N-methyl/N-ethyl adjacent to an activating group) is 2. The third-order valence-electron chi connectivity index (χ3n) is 2.69. The van der Waals surface area contributed by atoms with Gasteiger partial charge in [0.15, 0.2) is 0 Å². The van der Waals surface area contributed by atoms with Crippen molar-refractivity contribution in [1.82, 2.24) is 4.90 Å². The lowest BCUT2D eigenvalue weighted by Crippen LogP contribution is -2.28. The highest BCUT2D eigenvalue weighted by atomic mass is 79.9. The first-order valence-corrected chi connectivity index (χ1v) is 6.76. The van der Waals surface area contributed by atoms with Gasteiger partial charge in [-0.05, 0) is 43.9 Å². The van der Waals surface area contributed by atoms with Crippen LogP contribution in [-0.2, 0) is 4.79 Å². The molecular formula is C14H19BrN2O2. The summed E-state index contributed by atoms with van der Waals surface area (Å²) in [7, 11) is 6.06. The number of halogens is 1. The van der Waals surface area contributed by atoms with Gasteiger partial charge in [0.25, 0.3) is 0 Å². The van der Waals surface area contributed by atoms with Crippen molar-refractivity contribution in [3.63, 3.8) is 0 Å². The van der Waals surface area contributed by atoms with Gasteiger partial charge < -0.3 is 14.9 Å². The number of benzene rings is 1. The molecule has 0 aliphatic rings. The summed E-state index contributed by atoms with van der Waals surface area (Å²) in [6, 6.07) is 5.86. The van der Waals surface area contributed by atoms with Crippen molar-refractivity contribution < 1.29 is 9.90 Å². The molecule has 19 heavy (non-hydrogen) atoms. The summed E-state index contributed by atoms with van der Waals surface area (Å²) in [6.07, 6.45) is 2.78. The Kier molecular flexibility index (Phi) is 6.05. The number of hydrogen-bond donors (Lipinski definition) is 1. The fourth-order valence-electron chi connectivity index (χ4n) is 1.64. The highest BCUT2D eigenvalue weighted by molar-refractivity contribution is 9.10. The molecule has 104 valence electrons. The van der Waals surface area contributed by atoms with Crippen molar-refractivity contribution in [2.24, 2.45) is 0 Å². The van der Waals surface area contributed by atoms with E-state index in [0.29, 0.717) is 0 Å². The van der Waals surface area contributed by atoms with E-state index >= 15 is 0 Å². The molecule has 0 amide bonds. The van der Waals surface area contributed by atoms with E-state index in [4.69, 9.17) is 5.11 Å². The average Bonchev–Trinajstić information content (AvgIpc) is 2.33. The van der Waals surface area contributed by atoms with Crippen LogP contribution in [0, 0.1) is 0 Å². The number of nitrogens with zero attached hydrogens (tertiary/aromatic N) is 2. The minimum atomic E-state index is -0.943. The van der Waals surface area contributed by atoms with E-state index in [1.54, 1.807) is 6.08 Å². The van der Waals surface area contributed by atoms with E-state index in [-0.39, 0.29) is 0 Å². The number of carboxylic acid groups (broad SMARTS) is 1. The normalized spacial score (nSPS) is 11.2. The smallest absolute Gasteiger partial charge is 0.328 e. The predicted molar refractivity (Wildman–Crippen MR) is 82.6 cm³/mol. The first-order valence-electron chi connectivity index (χ1n) is 5.96. The number of anilines is 1. The van der Waals surface area contributed by atoms with Crippen LogP contribution < -0.4 is 4.90 Å². The van der Waals surface area contributed by atoms with Crippen molar-refractivity contribution in [1.29, 1.82) is 0 Å². The molecule has 1 aromatic carbocycles. The SMILES string of the molecule is CN(C)CCN(C)c1ccc(Br)cc1/C=C/C(=O)O. The number of aliphatic carboxylic acids is 1. The Labute approximate surface area is 122 Å². The number of hydrogen-bond acceptors (Lipinski definition) is 3. The summed E-state index contributed by atoms with van der Waals surface area (Å²) in [5, 5.41) is 8.73. The van der Waals surface area contributed by atoms with E-state index in [2.05, 4.69) is 25.7 Å². The minimum absolute atomic E-state index is 0.878. The van der Waals surface area contributed by atoms with Crippen LogP contribution in [0.15, 0.2) is 28.7 Å². The third-order valence-corrected chi connectivity index (χ3v) is 3.18. The predicted octanol–water partition coefficient (Wildman–Crippen LogP) is 2.54. The van der Waals surface area contributed by atoms with Gasteiger partial charge >= 0.3 is 5.97 Å². The van der Waals surface area contributed by atoms with Gasteiger partial charge in [0, 0.05) is 36.4 Å². The van der Waals surface area contributed by atoms with Crippen LogP contribution in [0.25, 0.3) is 6.08 Å². The van der Waals surface area contributed by atoms with Gasteiger partial charge in [0.2, 0.25) is 0 Å². The van der Waals surface area contributed by atoms with Crippen molar-refractivity contribution in [3.05, 3.63) is 34.3 Å². The molecule has 0 radical (unpaired) electrons. The topological polar surface area (TPSA) is 43.8 Å². The van der Waals surface area contributed by atoms with Gasteiger partial charge in [-0.2, -0.15) is 0 Å². The highest BCUT2D eigenvalue weighted by Crippen LogP contribution is 2.25. The molecule has 0 spiro atoms. The van der Waals surface area contributed by atoms with Gasteiger partial charge in [-0.1, -0.05) is 15.9 Å². The van der Waals surface area contributed by atoms with E-state index in [1.807, 2.05) is 39.3 Å². The standard InChI is InChI=1S/C14H19BrN2O2/c1-16(2)8-9-17(3)13-6-5-12(15)10-11(13)4-7-14(18)19/h4-7,10H,8-9H2,1-3H3,(H,18,19)/b7-4+. The highest BCUT2D eigenvalue weighted by Gasteiger charge is 2.07. The fraction of sp³-hybridized carbons (Fsp3) is 0.357. The number of carboxylic acids is 1. The van der Waals surface area contributed by atoms with Crippen LogP contribution in [0.5, 0.6) is 0 Å². The molecule has 4 nitrogen and oxygen atoms in total. The molecule has 1 N–H and O–H groups in total. The summed E-state index contributed by atoms with van der Waals surface area (Å²) >= 11 is 3.41. The van der Waals surface area contributed by atoms with Crippen LogP contribution >= 0.6 is 15.9 Å². The minimum Gasteiger partial charge on any atom is -0.478 e. The Morgan fingerprint density at radius 1 is 1.32 bits per heavy atom. The summed E-state index contributed by atoms with van der Waals surface area (Å²) in [4.78, 5) is 14.9. The Morgan fingerprint density at radius 2 is 2.00 bits per heavy atom. The lowest BCUT2D eigenvalue weighted by Gasteiger charge is -2.23. The molecule has 0 aromatic heterocycles. The lowest BCUT2D eigenvalue weighted by atomic mass is 10.1. The van der Waals surface area contributed by atoms with Crippen LogP contribution in [-0.4, -0.2) is 50.2 Å². The summed E-state index contributed by atoms with van der Waals surface area (Å²) in [6.45, 7) is 1.82. The average molecular weight is 327 g/mol. The van der Waals surface area contributed by atoms with E-state index in [0.717, 1.165) is 34.9 Å². The Balaban J connectivity index is 2.95. The largest absolute Gasteiger partial charge is 0.478 e. The lowest BCUT2D eigenvalue weighted by molar-refractivity contribution is -0.131. The number of rotatable bonds is 6. The van der Waals surface area contributed by atoms with Crippen molar-refractivity contribution >= 4 is 33.7 Å². The molecule has 0 unspecified atom stereocenters. The van der Waals surface area contributed by atoms with Crippen molar-refractivity contribution in [2.45, 2.75) is 0 Å². The molecule has 0 saturated carbocycles. The number of carbonyl (C=O) groups is 1. The van der Waals surface area contributed by atoms with Crippen LogP contribution in [0.2, 0.25) is 0 Å². The van der Waals surface area contributed by atoms with Gasteiger partial charge in [0.05, 0.1) is 0 Å². The van der Waals surface area contributed by atoms with Gasteiger partial charge in [-0.15, -0.1) is 0 Å². The molecule has 0 fully saturated rings. The molecule has 0 atom stereocenters. The van der Waals surface area contributed by atoms with Crippen molar-refractivity contribution in [3.8, 4) is 0 Å². The maximum Gasteiger partial charge on any atom is 0.328 e. The first kappa shape index (κ1) is 15.7. The van der Waals surface area contributed by atoms with E-state index in [9.17, 15) is 4.79 Å². The van der Waals surface area contributed by atoms with Crippen LogP contribution in [0.1, 0.15) is 5.56 Å². The third kappa shape index (κ3) is 5.44. The van der Waals surface area contributed by atoms with Gasteiger partial charge in [-0.25, -0.2) is 4.79 Å². The summed E-state index contributed by atoms with van der Waals surface area (Å²) in [5.74, 6) is -0.943. The fourth-order valence-corrected chi connectivity index (χ4v) is 2.02. The quantitative estimate of drug-likeness (QED) is 0.816. The molecule has 0 saturated heterocycles. The Hall–Kier alpha value is -1.33.